The molecule has 0 spiro atoms. The third kappa shape index (κ3) is 4.39. The summed E-state index contributed by atoms with van der Waals surface area (Å²) in [7, 11) is -3.62. The van der Waals surface area contributed by atoms with Crippen LogP contribution in [0.25, 0.3) is 0 Å². The van der Waals surface area contributed by atoms with Gasteiger partial charge in [-0.2, -0.15) is 4.31 Å². The van der Waals surface area contributed by atoms with Gasteiger partial charge in [0.2, 0.25) is 5.91 Å². The Hall–Kier alpha value is -2.19. The fraction of sp³-hybridized carbons (Fsp3) is 0.474. The van der Waals surface area contributed by atoms with Gasteiger partial charge < -0.3 is 9.88 Å². The maximum absolute atomic E-state index is 12.8. The average Bonchev–Trinajstić information content (AvgIpc) is 3.15. The predicted molar refractivity (Wildman–Crippen MR) is 104 cm³/mol. The number of hydrogen-bond acceptors (Lipinski definition) is 4. The van der Waals surface area contributed by atoms with Gasteiger partial charge in [-0.3, -0.25) is 4.79 Å². The lowest BCUT2D eigenvalue weighted by atomic mass is 9.97. The number of rotatable bonds is 5. The molecule has 0 aliphatic carbocycles. The number of hydrogen-bond donors (Lipinski definition) is 1. The van der Waals surface area contributed by atoms with Crippen molar-refractivity contribution in [2.45, 2.75) is 44.7 Å². The molecule has 1 saturated heterocycles. The van der Waals surface area contributed by atoms with Crippen molar-refractivity contribution in [3.05, 3.63) is 42.4 Å². The third-order valence-corrected chi connectivity index (χ3v) is 6.71. The van der Waals surface area contributed by atoms with Crippen molar-refractivity contribution in [1.82, 2.24) is 13.9 Å². The molecule has 2 heterocycles. The minimum atomic E-state index is -3.62. The summed E-state index contributed by atoms with van der Waals surface area (Å²) < 4.78 is 28.7. The van der Waals surface area contributed by atoms with Crippen molar-refractivity contribution in [3.8, 4) is 0 Å². The number of nitrogens with one attached hydrogen (secondary N) is 1. The molecule has 1 aromatic carbocycles. The van der Waals surface area contributed by atoms with Crippen molar-refractivity contribution < 1.29 is 13.2 Å². The Labute approximate surface area is 160 Å². The normalized spacial score (nSPS) is 16.6. The molecule has 0 saturated carbocycles. The SMILES string of the molecule is Cc1ccc(NC(=O)C2CCN(S(=O)(=O)c3cn(C(C)C)cn3)CC2)cc1. The maximum atomic E-state index is 12.8. The van der Waals surface area contributed by atoms with Crippen LogP contribution in [0, 0.1) is 12.8 Å². The van der Waals surface area contributed by atoms with Crippen molar-refractivity contribution in [1.29, 1.82) is 0 Å². The van der Waals surface area contributed by atoms with Gasteiger partial charge in [0, 0.05) is 36.9 Å². The lowest BCUT2D eigenvalue weighted by molar-refractivity contribution is -0.120. The highest BCUT2D eigenvalue weighted by molar-refractivity contribution is 7.89. The van der Waals surface area contributed by atoms with Gasteiger partial charge in [0.15, 0.2) is 5.03 Å². The topological polar surface area (TPSA) is 84.3 Å². The fourth-order valence-electron chi connectivity index (χ4n) is 3.11. The van der Waals surface area contributed by atoms with Crippen LogP contribution in [0.2, 0.25) is 0 Å². The van der Waals surface area contributed by atoms with Crippen LogP contribution in [0.1, 0.15) is 38.3 Å². The number of aromatic nitrogens is 2. The molecule has 7 nitrogen and oxygen atoms in total. The standard InChI is InChI=1S/C19H26N4O3S/c1-14(2)22-12-18(20-13-22)27(25,26)23-10-8-16(9-11-23)19(24)21-17-6-4-15(3)5-7-17/h4-7,12-14,16H,8-11H2,1-3H3,(H,21,24). The number of anilines is 1. The van der Waals surface area contributed by atoms with Crippen molar-refractivity contribution in [3.63, 3.8) is 0 Å². The Morgan fingerprint density at radius 2 is 1.81 bits per heavy atom. The second kappa shape index (κ2) is 7.82. The van der Waals surface area contributed by atoms with Gasteiger partial charge in [-0.25, -0.2) is 13.4 Å². The first-order valence-corrected chi connectivity index (χ1v) is 10.6. The number of imidazole rings is 1. The predicted octanol–water partition coefficient (Wildman–Crippen LogP) is 2.81. The van der Waals surface area contributed by atoms with Crippen LogP contribution in [0.15, 0.2) is 41.8 Å². The third-order valence-electron chi connectivity index (χ3n) is 4.92. The van der Waals surface area contributed by atoms with Crippen molar-refractivity contribution in [2.24, 2.45) is 5.92 Å². The number of benzene rings is 1. The number of amides is 1. The fourth-order valence-corrected chi connectivity index (χ4v) is 4.50. The Balaban J connectivity index is 1.60. The largest absolute Gasteiger partial charge is 0.334 e. The first kappa shape index (κ1) is 19.6. The summed E-state index contributed by atoms with van der Waals surface area (Å²) in [6.07, 6.45) is 4.11. The highest BCUT2D eigenvalue weighted by Crippen LogP contribution is 2.24. The second-order valence-corrected chi connectivity index (χ2v) is 9.17. The lowest BCUT2D eigenvalue weighted by Gasteiger charge is -2.29. The van der Waals surface area contributed by atoms with E-state index in [1.54, 1.807) is 17.1 Å². The Morgan fingerprint density at radius 3 is 2.37 bits per heavy atom. The summed E-state index contributed by atoms with van der Waals surface area (Å²) in [4.78, 5) is 16.5. The van der Waals surface area contributed by atoms with Crippen LogP contribution in [0.3, 0.4) is 0 Å². The molecular weight excluding hydrogens is 364 g/mol. The van der Waals surface area contributed by atoms with Crippen molar-refractivity contribution >= 4 is 21.6 Å². The minimum Gasteiger partial charge on any atom is -0.334 e. The van der Waals surface area contributed by atoms with Gasteiger partial charge in [0.1, 0.15) is 0 Å². The van der Waals surface area contributed by atoms with E-state index in [1.807, 2.05) is 45.0 Å². The van der Waals surface area contributed by atoms with E-state index in [0.29, 0.717) is 25.9 Å². The zero-order valence-electron chi connectivity index (χ0n) is 15.9. The summed E-state index contributed by atoms with van der Waals surface area (Å²) in [5.74, 6) is -0.244. The molecule has 1 aliphatic rings. The number of carbonyl (C=O) groups excluding carboxylic acids is 1. The molecule has 1 N–H and O–H groups in total. The number of carbonyl (C=O) groups is 1. The van der Waals surface area contributed by atoms with Gasteiger partial charge in [0.05, 0.1) is 6.33 Å². The van der Waals surface area contributed by atoms with Crippen LogP contribution in [0.5, 0.6) is 0 Å². The molecule has 0 unspecified atom stereocenters. The molecule has 1 amide bonds. The molecule has 0 radical (unpaired) electrons. The van der Waals surface area contributed by atoms with E-state index >= 15 is 0 Å². The first-order valence-electron chi connectivity index (χ1n) is 9.18. The Morgan fingerprint density at radius 1 is 1.19 bits per heavy atom. The second-order valence-electron chi connectivity index (χ2n) is 7.29. The quantitative estimate of drug-likeness (QED) is 0.851. The molecule has 1 aromatic heterocycles. The molecule has 8 heteroatoms. The summed E-state index contributed by atoms with van der Waals surface area (Å²) >= 11 is 0. The zero-order valence-corrected chi connectivity index (χ0v) is 16.7. The minimum absolute atomic E-state index is 0.0556. The summed E-state index contributed by atoms with van der Waals surface area (Å²) in [5.41, 5.74) is 1.89. The number of sulfonamides is 1. The van der Waals surface area contributed by atoms with Gasteiger partial charge >= 0.3 is 0 Å². The summed E-state index contributed by atoms with van der Waals surface area (Å²) in [6.45, 7) is 6.57. The van der Waals surface area contributed by atoms with E-state index in [2.05, 4.69) is 10.3 Å². The number of aryl methyl sites for hydroxylation is 1. The first-order chi connectivity index (χ1) is 12.8. The molecule has 0 atom stereocenters. The smallest absolute Gasteiger partial charge is 0.262 e. The molecule has 3 rings (SSSR count). The van der Waals surface area contributed by atoms with E-state index in [9.17, 15) is 13.2 Å². The van der Waals surface area contributed by atoms with Crippen molar-refractivity contribution in [2.75, 3.05) is 18.4 Å². The molecule has 0 bridgehead atoms. The van der Waals surface area contributed by atoms with Crippen LogP contribution >= 0.6 is 0 Å². The van der Waals surface area contributed by atoms with Crippen LogP contribution < -0.4 is 5.32 Å². The van der Waals surface area contributed by atoms with Crippen LogP contribution in [-0.4, -0.2) is 41.3 Å². The van der Waals surface area contributed by atoms with E-state index in [4.69, 9.17) is 0 Å². The summed E-state index contributed by atoms with van der Waals surface area (Å²) in [5, 5.41) is 2.99. The highest BCUT2D eigenvalue weighted by atomic mass is 32.2. The van der Waals surface area contributed by atoms with Gasteiger partial charge in [0.25, 0.3) is 10.0 Å². The molecule has 146 valence electrons. The zero-order chi connectivity index (χ0) is 19.6. The van der Waals surface area contributed by atoms with Gasteiger partial charge in [-0.15, -0.1) is 0 Å². The lowest BCUT2D eigenvalue weighted by Crippen LogP contribution is -2.41. The Kier molecular flexibility index (Phi) is 5.67. The van der Waals surface area contributed by atoms with Gasteiger partial charge in [-0.05, 0) is 45.7 Å². The van der Waals surface area contributed by atoms with E-state index in [0.717, 1.165) is 11.3 Å². The molecule has 1 aliphatic heterocycles. The van der Waals surface area contributed by atoms with Gasteiger partial charge in [-0.1, -0.05) is 17.7 Å². The molecular formula is C19H26N4O3S. The molecule has 1 fully saturated rings. The van der Waals surface area contributed by atoms with Crippen LogP contribution in [0.4, 0.5) is 5.69 Å². The van der Waals surface area contributed by atoms with E-state index in [-0.39, 0.29) is 22.9 Å². The monoisotopic (exact) mass is 390 g/mol. The molecule has 2 aromatic rings. The number of piperidine rings is 1. The van der Waals surface area contributed by atoms with Crippen LogP contribution in [-0.2, 0) is 14.8 Å². The Bertz CT molecular complexity index is 895. The summed E-state index contributed by atoms with van der Waals surface area (Å²) in [6, 6.07) is 7.79. The maximum Gasteiger partial charge on any atom is 0.262 e. The molecule has 27 heavy (non-hydrogen) atoms. The number of nitrogens with zero attached hydrogens (tertiary/aromatic N) is 3. The average molecular weight is 391 g/mol. The van der Waals surface area contributed by atoms with E-state index < -0.39 is 10.0 Å². The highest BCUT2D eigenvalue weighted by Gasteiger charge is 2.33. The van der Waals surface area contributed by atoms with E-state index in [1.165, 1.54) is 4.31 Å².